The van der Waals surface area contributed by atoms with Crippen LogP contribution in [-0.4, -0.2) is 44.5 Å². The summed E-state index contributed by atoms with van der Waals surface area (Å²) in [6.45, 7) is 0. The third kappa shape index (κ3) is 5.72. The molecular weight excluding hydrogens is 374 g/mol. The lowest BCUT2D eigenvalue weighted by molar-refractivity contribution is -0.117. The Morgan fingerprint density at radius 1 is 1.23 bits per heavy atom. The Bertz CT molecular complexity index is 812. The van der Waals surface area contributed by atoms with Crippen LogP contribution >= 0.6 is 11.8 Å². The molecule has 0 bridgehead atoms. The maximum Gasteiger partial charge on any atom is 0.242 e. The standard InChI is InChI=1S/C17H21N3O4S2/c1-24-16-9-8-13(12-18-16)19-17(21)15(10-11-25-2)20-26(22,23)14-6-4-3-5-7-14/h3-9,12,15,20H,10-11H2,1-2H3,(H,19,21)/t15-/m1/s1. The summed E-state index contributed by atoms with van der Waals surface area (Å²) >= 11 is 1.54. The van der Waals surface area contributed by atoms with E-state index in [9.17, 15) is 13.2 Å². The number of nitrogens with zero attached hydrogens (tertiary/aromatic N) is 1. The Morgan fingerprint density at radius 3 is 2.54 bits per heavy atom. The number of methoxy groups -OCH3 is 1. The van der Waals surface area contributed by atoms with Gasteiger partial charge in [-0.3, -0.25) is 4.79 Å². The third-order valence-electron chi connectivity index (χ3n) is 3.49. The largest absolute Gasteiger partial charge is 0.481 e. The number of nitrogens with one attached hydrogen (secondary N) is 2. The van der Waals surface area contributed by atoms with Crippen LogP contribution in [0.3, 0.4) is 0 Å². The van der Waals surface area contributed by atoms with E-state index in [0.717, 1.165) is 0 Å². The van der Waals surface area contributed by atoms with Gasteiger partial charge in [0.05, 0.1) is 23.9 Å². The van der Waals surface area contributed by atoms with Crippen LogP contribution in [0, 0.1) is 0 Å². The van der Waals surface area contributed by atoms with Gasteiger partial charge in [-0.05, 0) is 36.6 Å². The number of aromatic nitrogens is 1. The van der Waals surface area contributed by atoms with Gasteiger partial charge in [-0.2, -0.15) is 16.5 Å². The predicted octanol–water partition coefficient (Wildman–Crippen LogP) is 2.13. The van der Waals surface area contributed by atoms with E-state index in [1.165, 1.54) is 37.2 Å². The molecule has 7 nitrogen and oxygen atoms in total. The zero-order valence-electron chi connectivity index (χ0n) is 14.5. The Labute approximate surface area is 157 Å². The number of sulfonamides is 1. The van der Waals surface area contributed by atoms with Crippen LogP contribution in [-0.2, 0) is 14.8 Å². The fourth-order valence-electron chi connectivity index (χ4n) is 2.14. The Kier molecular flexibility index (Phi) is 7.43. The minimum atomic E-state index is -3.79. The molecule has 9 heteroatoms. The molecule has 2 N–H and O–H groups in total. The van der Waals surface area contributed by atoms with Gasteiger partial charge >= 0.3 is 0 Å². The van der Waals surface area contributed by atoms with Gasteiger partial charge in [-0.25, -0.2) is 13.4 Å². The van der Waals surface area contributed by atoms with E-state index in [0.29, 0.717) is 23.7 Å². The number of hydrogen-bond acceptors (Lipinski definition) is 6. The highest BCUT2D eigenvalue weighted by Gasteiger charge is 2.25. The monoisotopic (exact) mass is 395 g/mol. The van der Waals surface area contributed by atoms with Gasteiger partial charge in [-0.1, -0.05) is 18.2 Å². The summed E-state index contributed by atoms with van der Waals surface area (Å²) < 4.78 is 32.5. The van der Waals surface area contributed by atoms with Gasteiger partial charge in [0.2, 0.25) is 21.8 Å². The van der Waals surface area contributed by atoms with Crippen molar-refractivity contribution in [3.63, 3.8) is 0 Å². The van der Waals surface area contributed by atoms with Gasteiger partial charge in [0.25, 0.3) is 0 Å². The van der Waals surface area contributed by atoms with E-state index in [4.69, 9.17) is 4.74 Å². The molecular formula is C17H21N3O4S2. The van der Waals surface area contributed by atoms with Gasteiger partial charge in [0, 0.05) is 6.07 Å². The van der Waals surface area contributed by atoms with Gasteiger partial charge in [0.1, 0.15) is 6.04 Å². The first kappa shape index (κ1) is 20.2. The van der Waals surface area contributed by atoms with Crippen molar-refractivity contribution >= 4 is 33.4 Å². The number of rotatable bonds is 9. The molecule has 1 aromatic carbocycles. The Morgan fingerprint density at radius 2 is 1.96 bits per heavy atom. The molecule has 26 heavy (non-hydrogen) atoms. The molecule has 2 aromatic rings. The lowest BCUT2D eigenvalue weighted by Gasteiger charge is -2.18. The lowest BCUT2D eigenvalue weighted by atomic mass is 10.2. The van der Waals surface area contributed by atoms with Crippen molar-refractivity contribution in [2.75, 3.05) is 24.4 Å². The van der Waals surface area contributed by atoms with Gasteiger partial charge in [-0.15, -0.1) is 0 Å². The van der Waals surface area contributed by atoms with Crippen molar-refractivity contribution in [2.45, 2.75) is 17.4 Å². The Hall–Kier alpha value is -2.10. The molecule has 2 rings (SSSR count). The van der Waals surface area contributed by atoms with E-state index in [1.54, 1.807) is 30.3 Å². The quantitative estimate of drug-likeness (QED) is 0.675. The molecule has 0 radical (unpaired) electrons. The number of carbonyl (C=O) groups excluding carboxylic acids is 1. The minimum Gasteiger partial charge on any atom is -0.481 e. The van der Waals surface area contributed by atoms with E-state index in [1.807, 2.05) is 6.26 Å². The number of anilines is 1. The van der Waals surface area contributed by atoms with Crippen LogP contribution in [0.25, 0.3) is 0 Å². The van der Waals surface area contributed by atoms with Crippen LogP contribution in [0.1, 0.15) is 6.42 Å². The number of pyridine rings is 1. The summed E-state index contributed by atoms with van der Waals surface area (Å²) in [4.78, 5) is 16.7. The number of benzene rings is 1. The number of thioether (sulfide) groups is 1. The molecule has 1 amide bonds. The third-order valence-corrected chi connectivity index (χ3v) is 5.62. The molecule has 0 spiro atoms. The molecule has 0 saturated carbocycles. The summed E-state index contributed by atoms with van der Waals surface area (Å²) in [6.07, 6.45) is 3.71. The first-order valence-electron chi connectivity index (χ1n) is 7.83. The summed E-state index contributed by atoms with van der Waals surface area (Å²) in [7, 11) is -2.30. The summed E-state index contributed by atoms with van der Waals surface area (Å²) in [5, 5.41) is 2.68. The molecule has 0 saturated heterocycles. The molecule has 140 valence electrons. The molecule has 1 aromatic heterocycles. The van der Waals surface area contributed by atoms with Crippen molar-refractivity contribution in [1.29, 1.82) is 0 Å². The topological polar surface area (TPSA) is 97.4 Å². The first-order valence-corrected chi connectivity index (χ1v) is 10.7. The van der Waals surface area contributed by atoms with Crippen molar-refractivity contribution in [3.8, 4) is 5.88 Å². The summed E-state index contributed by atoms with van der Waals surface area (Å²) in [5.74, 6) is 0.619. The maximum absolute atomic E-state index is 12.6. The molecule has 0 aliphatic carbocycles. The van der Waals surface area contributed by atoms with Crippen LogP contribution in [0.2, 0.25) is 0 Å². The summed E-state index contributed by atoms with van der Waals surface area (Å²) in [6, 6.07) is 10.3. The normalized spacial score (nSPS) is 12.4. The molecule has 1 heterocycles. The molecule has 0 fully saturated rings. The van der Waals surface area contributed by atoms with Crippen LogP contribution < -0.4 is 14.8 Å². The molecule has 0 unspecified atom stereocenters. The number of amides is 1. The first-order chi connectivity index (χ1) is 12.5. The van der Waals surface area contributed by atoms with Crippen molar-refractivity contribution in [2.24, 2.45) is 0 Å². The van der Waals surface area contributed by atoms with Crippen molar-refractivity contribution in [1.82, 2.24) is 9.71 Å². The minimum absolute atomic E-state index is 0.119. The highest BCUT2D eigenvalue weighted by molar-refractivity contribution is 7.98. The van der Waals surface area contributed by atoms with E-state index < -0.39 is 22.0 Å². The van der Waals surface area contributed by atoms with E-state index in [-0.39, 0.29) is 4.90 Å². The smallest absolute Gasteiger partial charge is 0.242 e. The number of carbonyl (C=O) groups is 1. The van der Waals surface area contributed by atoms with E-state index in [2.05, 4.69) is 15.0 Å². The second kappa shape index (κ2) is 9.56. The van der Waals surface area contributed by atoms with Gasteiger partial charge < -0.3 is 10.1 Å². The van der Waals surface area contributed by atoms with Crippen LogP contribution in [0.5, 0.6) is 5.88 Å². The fraction of sp³-hybridized carbons (Fsp3) is 0.294. The lowest BCUT2D eigenvalue weighted by Crippen LogP contribution is -2.44. The zero-order valence-corrected chi connectivity index (χ0v) is 16.1. The maximum atomic E-state index is 12.6. The van der Waals surface area contributed by atoms with Crippen LogP contribution in [0.15, 0.2) is 53.6 Å². The van der Waals surface area contributed by atoms with Crippen molar-refractivity contribution < 1.29 is 17.9 Å². The second-order valence-electron chi connectivity index (χ2n) is 5.35. The van der Waals surface area contributed by atoms with Crippen molar-refractivity contribution in [3.05, 3.63) is 48.7 Å². The fourth-order valence-corrected chi connectivity index (χ4v) is 3.86. The highest BCUT2D eigenvalue weighted by atomic mass is 32.2. The van der Waals surface area contributed by atoms with Crippen LogP contribution in [0.4, 0.5) is 5.69 Å². The average Bonchev–Trinajstić information content (AvgIpc) is 2.66. The van der Waals surface area contributed by atoms with E-state index >= 15 is 0 Å². The number of ether oxygens (including phenoxy) is 1. The molecule has 0 aliphatic rings. The average molecular weight is 396 g/mol. The highest BCUT2D eigenvalue weighted by Crippen LogP contribution is 2.14. The predicted molar refractivity (Wildman–Crippen MR) is 103 cm³/mol. The second-order valence-corrected chi connectivity index (χ2v) is 8.05. The SMILES string of the molecule is COc1ccc(NC(=O)[C@@H](CCSC)NS(=O)(=O)c2ccccc2)cn1. The zero-order chi connectivity index (χ0) is 19.0. The molecule has 0 aliphatic heterocycles. The Balaban J connectivity index is 2.13. The van der Waals surface area contributed by atoms with Gasteiger partial charge in [0.15, 0.2) is 0 Å². The number of hydrogen-bond donors (Lipinski definition) is 2. The molecule has 1 atom stereocenters. The summed E-state index contributed by atoms with van der Waals surface area (Å²) in [5.41, 5.74) is 0.462.